The van der Waals surface area contributed by atoms with Gasteiger partial charge in [0.25, 0.3) is 0 Å². The second-order valence-corrected chi connectivity index (χ2v) is 6.41. The van der Waals surface area contributed by atoms with Gasteiger partial charge in [-0.1, -0.05) is 66.7 Å². The van der Waals surface area contributed by atoms with Crippen molar-refractivity contribution in [1.82, 2.24) is 4.98 Å². The highest BCUT2D eigenvalue weighted by atomic mass is 32.1. The van der Waals surface area contributed by atoms with Crippen LogP contribution in [0.25, 0.3) is 31.9 Å². The number of para-hydroxylation sites is 1. The third kappa shape index (κ3) is 2.32. The van der Waals surface area contributed by atoms with Crippen LogP contribution in [-0.2, 0) is 0 Å². The number of aromatic nitrogens is 1. The summed E-state index contributed by atoms with van der Waals surface area (Å²) in [5.41, 5.74) is 6.02. The summed E-state index contributed by atoms with van der Waals surface area (Å²) in [4.78, 5) is 4.80. The Labute approximate surface area is 133 Å². The minimum absolute atomic E-state index is 1.09. The van der Waals surface area contributed by atoms with Crippen LogP contribution in [0, 0.1) is 6.92 Å². The zero-order chi connectivity index (χ0) is 14.9. The van der Waals surface area contributed by atoms with Crippen LogP contribution in [0.1, 0.15) is 5.56 Å². The van der Waals surface area contributed by atoms with Gasteiger partial charge in [0.1, 0.15) is 5.01 Å². The summed E-state index contributed by atoms with van der Waals surface area (Å²) in [7, 11) is 0. The summed E-state index contributed by atoms with van der Waals surface area (Å²) < 4.78 is 1.25. The van der Waals surface area contributed by atoms with E-state index in [-0.39, 0.29) is 0 Å². The molecular weight excluding hydrogens is 286 g/mol. The highest BCUT2D eigenvalue weighted by Gasteiger charge is 2.08. The first kappa shape index (κ1) is 13.2. The van der Waals surface area contributed by atoms with Crippen molar-refractivity contribution in [2.24, 2.45) is 0 Å². The molecule has 0 atom stereocenters. The van der Waals surface area contributed by atoms with Crippen LogP contribution in [0.4, 0.5) is 0 Å². The van der Waals surface area contributed by atoms with Crippen LogP contribution in [0.2, 0.25) is 0 Å². The van der Waals surface area contributed by atoms with E-state index in [0.717, 1.165) is 10.5 Å². The molecule has 0 aliphatic carbocycles. The normalized spacial score (nSPS) is 11.0. The van der Waals surface area contributed by atoms with Gasteiger partial charge in [-0.05, 0) is 29.7 Å². The van der Waals surface area contributed by atoms with E-state index in [4.69, 9.17) is 4.98 Å². The van der Waals surface area contributed by atoms with Crippen molar-refractivity contribution in [3.63, 3.8) is 0 Å². The van der Waals surface area contributed by atoms with E-state index in [0.29, 0.717) is 0 Å². The quantitative estimate of drug-likeness (QED) is 0.446. The lowest BCUT2D eigenvalue weighted by molar-refractivity contribution is 1.42. The summed E-state index contributed by atoms with van der Waals surface area (Å²) in [5.74, 6) is 0. The van der Waals surface area contributed by atoms with Gasteiger partial charge in [0.2, 0.25) is 0 Å². The molecule has 0 saturated carbocycles. The second-order valence-electron chi connectivity index (χ2n) is 5.38. The molecule has 106 valence electrons. The van der Waals surface area contributed by atoms with E-state index in [2.05, 4.69) is 73.7 Å². The number of rotatable bonds is 2. The lowest BCUT2D eigenvalue weighted by Crippen LogP contribution is -1.80. The molecule has 0 N–H and O–H groups in total. The van der Waals surface area contributed by atoms with Gasteiger partial charge in [-0.2, -0.15) is 0 Å². The molecule has 0 saturated heterocycles. The highest BCUT2D eigenvalue weighted by molar-refractivity contribution is 7.21. The predicted octanol–water partition coefficient (Wildman–Crippen LogP) is 5.94. The molecular formula is C20H15NS. The van der Waals surface area contributed by atoms with Crippen molar-refractivity contribution >= 4 is 21.6 Å². The molecule has 0 bridgehead atoms. The zero-order valence-electron chi connectivity index (χ0n) is 12.3. The number of thiazole rings is 1. The van der Waals surface area contributed by atoms with E-state index in [1.807, 2.05) is 6.07 Å². The van der Waals surface area contributed by atoms with Gasteiger partial charge in [0.05, 0.1) is 10.2 Å². The molecule has 1 nitrogen and oxygen atoms in total. The fourth-order valence-electron chi connectivity index (χ4n) is 2.65. The SMILES string of the molecule is Cc1cccc2sc(-c3ccc(-c4ccccc4)cc3)nc12. The van der Waals surface area contributed by atoms with Gasteiger partial charge in [-0.15, -0.1) is 11.3 Å². The Morgan fingerprint density at radius 2 is 1.36 bits per heavy atom. The van der Waals surface area contributed by atoms with Gasteiger partial charge in [0.15, 0.2) is 0 Å². The Balaban J connectivity index is 1.74. The van der Waals surface area contributed by atoms with E-state index >= 15 is 0 Å². The molecule has 0 fully saturated rings. The number of aryl methyl sites for hydroxylation is 1. The summed E-state index contributed by atoms with van der Waals surface area (Å²) in [6.07, 6.45) is 0. The number of nitrogens with zero attached hydrogens (tertiary/aromatic N) is 1. The third-order valence-corrected chi connectivity index (χ3v) is 4.93. The Kier molecular flexibility index (Phi) is 3.24. The zero-order valence-corrected chi connectivity index (χ0v) is 13.1. The summed E-state index contributed by atoms with van der Waals surface area (Å²) in [6, 6.07) is 25.5. The van der Waals surface area contributed by atoms with Crippen LogP contribution in [-0.4, -0.2) is 4.98 Å². The highest BCUT2D eigenvalue weighted by Crippen LogP contribution is 2.32. The fraction of sp³-hybridized carbons (Fsp3) is 0.0500. The number of fused-ring (bicyclic) bond motifs is 1. The van der Waals surface area contributed by atoms with Gasteiger partial charge in [0, 0.05) is 5.56 Å². The first-order chi connectivity index (χ1) is 10.8. The van der Waals surface area contributed by atoms with E-state index in [9.17, 15) is 0 Å². The Morgan fingerprint density at radius 3 is 2.09 bits per heavy atom. The van der Waals surface area contributed by atoms with Crippen molar-refractivity contribution in [1.29, 1.82) is 0 Å². The lowest BCUT2D eigenvalue weighted by Gasteiger charge is -2.02. The smallest absolute Gasteiger partial charge is 0.124 e. The average Bonchev–Trinajstić information content (AvgIpc) is 3.02. The van der Waals surface area contributed by atoms with Crippen molar-refractivity contribution in [3.05, 3.63) is 78.4 Å². The molecule has 4 aromatic rings. The predicted molar refractivity (Wildman–Crippen MR) is 95.2 cm³/mol. The van der Waals surface area contributed by atoms with Crippen molar-refractivity contribution in [2.75, 3.05) is 0 Å². The molecule has 1 heterocycles. The minimum Gasteiger partial charge on any atom is -0.236 e. The number of hydrogen-bond donors (Lipinski definition) is 0. The van der Waals surface area contributed by atoms with E-state index in [1.165, 1.54) is 27.0 Å². The summed E-state index contributed by atoms with van der Waals surface area (Å²) in [5, 5.41) is 1.09. The number of benzene rings is 3. The maximum Gasteiger partial charge on any atom is 0.124 e. The molecule has 0 spiro atoms. The van der Waals surface area contributed by atoms with E-state index < -0.39 is 0 Å². The van der Waals surface area contributed by atoms with E-state index in [1.54, 1.807) is 11.3 Å². The van der Waals surface area contributed by atoms with Gasteiger partial charge in [-0.3, -0.25) is 0 Å². The molecule has 2 heteroatoms. The Hall–Kier alpha value is -2.45. The van der Waals surface area contributed by atoms with Crippen LogP contribution < -0.4 is 0 Å². The monoisotopic (exact) mass is 301 g/mol. The summed E-state index contributed by atoms with van der Waals surface area (Å²) >= 11 is 1.76. The van der Waals surface area contributed by atoms with Crippen molar-refractivity contribution in [3.8, 4) is 21.7 Å². The molecule has 0 unspecified atom stereocenters. The molecule has 0 aliphatic rings. The molecule has 0 radical (unpaired) electrons. The Morgan fingerprint density at radius 1 is 0.682 bits per heavy atom. The van der Waals surface area contributed by atoms with Crippen LogP contribution in [0.3, 0.4) is 0 Å². The molecule has 4 rings (SSSR count). The van der Waals surface area contributed by atoms with Crippen LogP contribution in [0.15, 0.2) is 72.8 Å². The topological polar surface area (TPSA) is 12.9 Å². The molecule has 22 heavy (non-hydrogen) atoms. The molecule has 0 amide bonds. The molecule has 0 aliphatic heterocycles. The summed E-state index contributed by atoms with van der Waals surface area (Å²) in [6.45, 7) is 2.12. The Bertz CT molecular complexity index is 921. The van der Waals surface area contributed by atoms with Crippen molar-refractivity contribution < 1.29 is 0 Å². The third-order valence-electron chi connectivity index (χ3n) is 3.86. The first-order valence-electron chi connectivity index (χ1n) is 7.33. The average molecular weight is 301 g/mol. The van der Waals surface area contributed by atoms with Gasteiger partial charge in [-0.25, -0.2) is 4.98 Å². The lowest BCUT2D eigenvalue weighted by atomic mass is 10.0. The maximum atomic E-state index is 4.80. The van der Waals surface area contributed by atoms with Crippen LogP contribution >= 0.6 is 11.3 Å². The van der Waals surface area contributed by atoms with Crippen molar-refractivity contribution in [2.45, 2.75) is 6.92 Å². The van der Waals surface area contributed by atoms with Gasteiger partial charge < -0.3 is 0 Å². The minimum atomic E-state index is 1.09. The number of hydrogen-bond acceptors (Lipinski definition) is 2. The van der Waals surface area contributed by atoms with Gasteiger partial charge >= 0.3 is 0 Å². The molecule has 3 aromatic carbocycles. The maximum absolute atomic E-state index is 4.80. The first-order valence-corrected chi connectivity index (χ1v) is 8.15. The second kappa shape index (κ2) is 5.39. The standard InChI is InChI=1S/C20H15NS/c1-14-6-5-9-18-19(14)21-20(22-18)17-12-10-16(11-13-17)15-7-3-2-4-8-15/h2-13H,1H3. The largest absolute Gasteiger partial charge is 0.236 e. The van der Waals surface area contributed by atoms with Crippen LogP contribution in [0.5, 0.6) is 0 Å². The molecule has 1 aromatic heterocycles. The fourth-order valence-corrected chi connectivity index (χ4v) is 3.69.